The Morgan fingerprint density at radius 1 is 1.33 bits per heavy atom. The molecule has 0 aliphatic heterocycles. The molecule has 2 nitrogen and oxygen atoms in total. The van der Waals surface area contributed by atoms with Crippen molar-refractivity contribution >= 4 is 11.5 Å². The molecule has 4 heteroatoms. The van der Waals surface area contributed by atoms with Crippen molar-refractivity contribution in [3.63, 3.8) is 0 Å². The summed E-state index contributed by atoms with van der Waals surface area (Å²) in [6.07, 6.45) is 1.88. The third-order valence-corrected chi connectivity index (χ3v) is 2.45. The Morgan fingerprint density at radius 3 is 2.73 bits per heavy atom. The smallest absolute Gasteiger partial charge is 0.328 e. The number of carboxylic acid groups (broad SMARTS) is 1. The normalized spacial score (nSPS) is 16.8. The molecule has 1 aromatic carbocycles. The van der Waals surface area contributed by atoms with Crippen LogP contribution < -0.4 is 0 Å². The van der Waals surface area contributed by atoms with Crippen molar-refractivity contribution < 1.29 is 18.7 Å². The van der Waals surface area contributed by atoms with Gasteiger partial charge in [-0.25, -0.2) is 13.6 Å². The summed E-state index contributed by atoms with van der Waals surface area (Å²) in [6.45, 7) is 0. The van der Waals surface area contributed by atoms with Gasteiger partial charge >= 0.3 is 5.97 Å². The molecule has 0 amide bonds. The molecule has 2 rings (SSSR count). The first-order chi connectivity index (χ1) is 7.08. The van der Waals surface area contributed by atoms with Crippen LogP contribution in [-0.2, 0) is 11.2 Å². The summed E-state index contributed by atoms with van der Waals surface area (Å²) in [7, 11) is 0. The van der Waals surface area contributed by atoms with Crippen molar-refractivity contribution in [3.05, 3.63) is 41.0 Å². The number of fused-ring (bicyclic) bond motifs is 1. The number of carboxylic acids is 1. The van der Waals surface area contributed by atoms with Crippen LogP contribution >= 0.6 is 0 Å². The highest BCUT2D eigenvalue weighted by Crippen LogP contribution is 2.34. The Labute approximate surface area is 84.8 Å². The minimum absolute atomic E-state index is 0.384. The van der Waals surface area contributed by atoms with Crippen LogP contribution in [0.15, 0.2) is 18.2 Å². The van der Waals surface area contributed by atoms with Crippen LogP contribution in [-0.4, -0.2) is 11.1 Å². The lowest BCUT2D eigenvalue weighted by atomic mass is 10.1. The molecule has 0 unspecified atom stereocenters. The first-order valence-electron chi connectivity index (χ1n) is 4.49. The topological polar surface area (TPSA) is 37.3 Å². The highest BCUT2D eigenvalue weighted by atomic mass is 19.1. The maximum absolute atomic E-state index is 13.2. The van der Waals surface area contributed by atoms with Crippen LogP contribution in [0.1, 0.15) is 17.5 Å². The van der Waals surface area contributed by atoms with Gasteiger partial charge in [0.15, 0.2) is 0 Å². The largest absolute Gasteiger partial charge is 0.478 e. The van der Waals surface area contributed by atoms with Crippen LogP contribution in [0, 0.1) is 11.6 Å². The van der Waals surface area contributed by atoms with Gasteiger partial charge in [-0.3, -0.25) is 0 Å². The lowest BCUT2D eigenvalue weighted by molar-refractivity contribution is -0.131. The van der Waals surface area contributed by atoms with Gasteiger partial charge in [0.05, 0.1) is 0 Å². The average Bonchev–Trinajstić information content (AvgIpc) is 2.48. The number of halogens is 2. The first-order valence-corrected chi connectivity index (χ1v) is 4.49. The minimum atomic E-state index is -1.09. The van der Waals surface area contributed by atoms with E-state index in [-0.39, 0.29) is 0 Å². The SMILES string of the molecule is O=C(O)C=C1CCc2c(F)cc(F)cc21. The van der Waals surface area contributed by atoms with Crippen molar-refractivity contribution in [3.8, 4) is 0 Å². The fourth-order valence-electron chi connectivity index (χ4n) is 1.84. The number of rotatable bonds is 1. The van der Waals surface area contributed by atoms with Gasteiger partial charge in [0.2, 0.25) is 0 Å². The minimum Gasteiger partial charge on any atom is -0.478 e. The molecule has 0 spiro atoms. The Balaban J connectivity index is 2.55. The second-order valence-electron chi connectivity index (χ2n) is 3.42. The third kappa shape index (κ3) is 1.75. The number of carbonyl (C=O) groups is 1. The second-order valence-corrected chi connectivity index (χ2v) is 3.42. The Kier molecular flexibility index (Phi) is 2.26. The van der Waals surface area contributed by atoms with E-state index in [2.05, 4.69) is 0 Å². The summed E-state index contributed by atoms with van der Waals surface area (Å²) in [6, 6.07) is 2.00. The van der Waals surface area contributed by atoms with E-state index in [0.29, 0.717) is 29.5 Å². The quantitative estimate of drug-likeness (QED) is 0.722. The molecule has 0 atom stereocenters. The van der Waals surface area contributed by atoms with Crippen molar-refractivity contribution in [2.24, 2.45) is 0 Å². The van der Waals surface area contributed by atoms with Gasteiger partial charge in [0.1, 0.15) is 11.6 Å². The van der Waals surface area contributed by atoms with Gasteiger partial charge in [-0.05, 0) is 35.6 Å². The molecule has 0 fully saturated rings. The maximum atomic E-state index is 13.2. The van der Waals surface area contributed by atoms with E-state index in [0.717, 1.165) is 12.1 Å². The Morgan fingerprint density at radius 2 is 2.07 bits per heavy atom. The lowest BCUT2D eigenvalue weighted by Crippen LogP contribution is -1.92. The molecular formula is C11H8F2O2. The number of hydrogen-bond acceptors (Lipinski definition) is 1. The summed E-state index contributed by atoms with van der Waals surface area (Å²) in [5.74, 6) is -2.37. The Hall–Kier alpha value is -1.71. The second kappa shape index (κ2) is 3.46. The monoisotopic (exact) mass is 210 g/mol. The predicted octanol–water partition coefficient (Wildman–Crippen LogP) is 2.38. The van der Waals surface area contributed by atoms with E-state index < -0.39 is 17.6 Å². The van der Waals surface area contributed by atoms with Crippen LogP contribution in [0.3, 0.4) is 0 Å². The number of benzene rings is 1. The zero-order valence-electron chi connectivity index (χ0n) is 7.76. The van der Waals surface area contributed by atoms with E-state index in [9.17, 15) is 13.6 Å². The molecule has 1 aliphatic rings. The molecule has 0 radical (unpaired) electrons. The molecule has 0 aromatic heterocycles. The van der Waals surface area contributed by atoms with Crippen molar-refractivity contribution in [2.45, 2.75) is 12.8 Å². The molecule has 1 N–H and O–H groups in total. The summed E-state index contributed by atoms with van der Waals surface area (Å²) in [5.41, 5.74) is 1.27. The van der Waals surface area contributed by atoms with E-state index >= 15 is 0 Å². The van der Waals surface area contributed by atoms with E-state index in [1.54, 1.807) is 0 Å². The molecule has 0 bridgehead atoms. The van der Waals surface area contributed by atoms with Crippen LogP contribution in [0.5, 0.6) is 0 Å². The molecule has 1 aliphatic carbocycles. The van der Waals surface area contributed by atoms with Crippen LogP contribution in [0.2, 0.25) is 0 Å². The molecule has 0 heterocycles. The fourth-order valence-corrected chi connectivity index (χ4v) is 1.84. The zero-order valence-corrected chi connectivity index (χ0v) is 7.76. The van der Waals surface area contributed by atoms with Gasteiger partial charge in [0.25, 0.3) is 0 Å². The molecule has 78 valence electrons. The van der Waals surface area contributed by atoms with Crippen molar-refractivity contribution in [1.29, 1.82) is 0 Å². The molecule has 1 aromatic rings. The molecule has 0 saturated carbocycles. The van der Waals surface area contributed by atoms with Gasteiger partial charge in [-0.15, -0.1) is 0 Å². The van der Waals surface area contributed by atoms with Crippen LogP contribution in [0.25, 0.3) is 5.57 Å². The zero-order chi connectivity index (χ0) is 11.0. The number of allylic oxidation sites excluding steroid dienone is 1. The maximum Gasteiger partial charge on any atom is 0.328 e. The van der Waals surface area contributed by atoms with Crippen molar-refractivity contribution in [1.82, 2.24) is 0 Å². The summed E-state index contributed by atoms with van der Waals surface area (Å²) >= 11 is 0. The Bertz CT molecular complexity index is 464. The highest BCUT2D eigenvalue weighted by Gasteiger charge is 2.21. The van der Waals surface area contributed by atoms with E-state index in [1.165, 1.54) is 6.07 Å². The number of hydrogen-bond donors (Lipinski definition) is 1. The molecule has 0 saturated heterocycles. The van der Waals surface area contributed by atoms with Gasteiger partial charge in [0, 0.05) is 12.1 Å². The van der Waals surface area contributed by atoms with Gasteiger partial charge < -0.3 is 5.11 Å². The average molecular weight is 210 g/mol. The lowest BCUT2D eigenvalue weighted by Gasteiger charge is -2.01. The third-order valence-electron chi connectivity index (χ3n) is 2.45. The van der Waals surface area contributed by atoms with E-state index in [1.807, 2.05) is 0 Å². The van der Waals surface area contributed by atoms with Crippen LogP contribution in [0.4, 0.5) is 8.78 Å². The summed E-state index contributed by atoms with van der Waals surface area (Å²) < 4.78 is 26.2. The van der Waals surface area contributed by atoms with Gasteiger partial charge in [-0.2, -0.15) is 0 Å². The fraction of sp³-hybridized carbons (Fsp3) is 0.182. The summed E-state index contributed by atoms with van der Waals surface area (Å²) in [4.78, 5) is 10.5. The van der Waals surface area contributed by atoms with Gasteiger partial charge in [-0.1, -0.05) is 0 Å². The molecular weight excluding hydrogens is 202 g/mol. The van der Waals surface area contributed by atoms with Crippen molar-refractivity contribution in [2.75, 3.05) is 0 Å². The standard InChI is InChI=1S/C11H8F2O2/c12-7-4-9-6(3-11(14)15)1-2-8(9)10(13)5-7/h3-5H,1-2H2,(H,14,15). The number of aliphatic carboxylic acids is 1. The summed E-state index contributed by atoms with van der Waals surface area (Å²) in [5, 5.41) is 8.57. The predicted molar refractivity (Wildman–Crippen MR) is 50.3 cm³/mol. The van der Waals surface area contributed by atoms with E-state index in [4.69, 9.17) is 5.11 Å². The first kappa shape index (κ1) is 9.83. The molecule has 15 heavy (non-hydrogen) atoms. The highest BCUT2D eigenvalue weighted by molar-refractivity contribution is 5.91.